The minimum absolute atomic E-state index is 0.147. The second-order valence-electron chi connectivity index (χ2n) is 10.6. The molecule has 0 atom stereocenters. The molecule has 2 heterocycles. The number of aromatic nitrogens is 3. The molecule has 0 radical (unpaired) electrons. The number of carboxylic acid groups (broad SMARTS) is 1. The molecule has 4 aromatic rings. The molecule has 10 nitrogen and oxygen atoms in total. The number of hydrogen-bond acceptors (Lipinski definition) is 7. The number of aryl methyl sites for hydroxylation is 1. The molecule has 1 N–H and O–H groups in total. The molecule has 2 aromatic heterocycles. The molecule has 0 saturated heterocycles. The number of esters is 1. The van der Waals surface area contributed by atoms with E-state index in [4.69, 9.17) is 19.2 Å². The van der Waals surface area contributed by atoms with Crippen molar-refractivity contribution < 1.29 is 28.9 Å². The van der Waals surface area contributed by atoms with E-state index in [-0.39, 0.29) is 6.73 Å². The number of carbonyl (C=O) groups excluding carboxylic acids is 1. The van der Waals surface area contributed by atoms with Gasteiger partial charge >= 0.3 is 12.1 Å². The number of rotatable bonds is 9. The standard InChI is InChI=1S/C29H32N4O6Si/c1-18-13-24(37-2)26(20-9-10-32(27(18)20)29(35)36)21(15-25(34)38-3)28-31-22-14-19(16-30)7-8-23(22)33(28)17-39-11-12-40(4,5)6/h7-10,13-15H,11-12,17H2,1-6H3,(H,35,36)/b21-15+. The maximum absolute atomic E-state index is 12.7. The molecule has 208 valence electrons. The van der Waals surface area contributed by atoms with Crippen LogP contribution >= 0.6 is 0 Å². The van der Waals surface area contributed by atoms with Gasteiger partial charge in [0.05, 0.1) is 42.4 Å². The zero-order valence-corrected chi connectivity index (χ0v) is 24.4. The number of imidazole rings is 1. The van der Waals surface area contributed by atoms with Crippen LogP contribution in [0.4, 0.5) is 4.79 Å². The van der Waals surface area contributed by atoms with Gasteiger partial charge in [-0.3, -0.25) is 9.13 Å². The van der Waals surface area contributed by atoms with Gasteiger partial charge in [-0.1, -0.05) is 19.6 Å². The molecule has 0 fully saturated rings. The van der Waals surface area contributed by atoms with E-state index < -0.39 is 20.1 Å². The topological polar surface area (TPSA) is 129 Å². The van der Waals surface area contributed by atoms with Crippen LogP contribution in [0.1, 0.15) is 22.5 Å². The lowest BCUT2D eigenvalue weighted by molar-refractivity contribution is -0.134. The summed E-state index contributed by atoms with van der Waals surface area (Å²) in [6.07, 6.45) is 1.63. The summed E-state index contributed by atoms with van der Waals surface area (Å²) >= 11 is 0. The molecule has 0 aliphatic heterocycles. The fourth-order valence-electron chi connectivity index (χ4n) is 4.60. The lowest BCUT2D eigenvalue weighted by Gasteiger charge is -2.18. The van der Waals surface area contributed by atoms with Crippen molar-refractivity contribution in [1.29, 1.82) is 5.26 Å². The Morgan fingerprint density at radius 2 is 1.93 bits per heavy atom. The van der Waals surface area contributed by atoms with Crippen LogP contribution in [-0.4, -0.2) is 60.2 Å². The Hall–Kier alpha value is -4.40. The Balaban J connectivity index is 2.02. The van der Waals surface area contributed by atoms with Crippen LogP contribution in [0, 0.1) is 18.3 Å². The van der Waals surface area contributed by atoms with Crippen molar-refractivity contribution in [3.8, 4) is 11.8 Å². The molecule has 11 heteroatoms. The number of benzene rings is 2. The van der Waals surface area contributed by atoms with Crippen LogP contribution in [0.5, 0.6) is 5.75 Å². The second-order valence-corrected chi connectivity index (χ2v) is 16.2. The number of nitriles is 1. The fourth-order valence-corrected chi connectivity index (χ4v) is 5.36. The average molecular weight is 561 g/mol. The van der Waals surface area contributed by atoms with E-state index in [1.807, 2.05) is 4.57 Å². The summed E-state index contributed by atoms with van der Waals surface area (Å²) in [6, 6.07) is 11.7. The molecule has 4 rings (SSSR count). The molecule has 0 bridgehead atoms. The summed E-state index contributed by atoms with van der Waals surface area (Å²) in [5.41, 5.74) is 3.68. The van der Waals surface area contributed by atoms with Gasteiger partial charge in [0, 0.05) is 43.5 Å². The molecular weight excluding hydrogens is 528 g/mol. The van der Waals surface area contributed by atoms with Gasteiger partial charge < -0.3 is 19.3 Å². The van der Waals surface area contributed by atoms with Gasteiger partial charge in [-0.15, -0.1) is 0 Å². The fraction of sp³-hybridized carbons (Fsp3) is 0.310. The molecule has 0 amide bonds. The Kier molecular flexibility index (Phi) is 8.13. The predicted molar refractivity (Wildman–Crippen MR) is 154 cm³/mol. The highest BCUT2D eigenvalue weighted by Gasteiger charge is 2.26. The number of ether oxygens (including phenoxy) is 3. The molecule has 0 saturated carbocycles. The Bertz CT molecular complexity index is 1690. The van der Waals surface area contributed by atoms with E-state index >= 15 is 0 Å². The Morgan fingerprint density at radius 3 is 2.55 bits per heavy atom. The smallest absolute Gasteiger partial charge is 0.416 e. The molecule has 40 heavy (non-hydrogen) atoms. The van der Waals surface area contributed by atoms with Crippen LogP contribution in [0.15, 0.2) is 42.6 Å². The third kappa shape index (κ3) is 5.63. The van der Waals surface area contributed by atoms with E-state index in [9.17, 15) is 20.0 Å². The van der Waals surface area contributed by atoms with Crippen LogP contribution in [0.25, 0.3) is 27.5 Å². The zero-order valence-electron chi connectivity index (χ0n) is 23.4. The number of nitrogens with zero attached hydrogens (tertiary/aromatic N) is 4. The van der Waals surface area contributed by atoms with E-state index in [0.29, 0.717) is 62.4 Å². The first-order valence-electron chi connectivity index (χ1n) is 12.7. The number of methoxy groups -OCH3 is 2. The second kappa shape index (κ2) is 11.4. The van der Waals surface area contributed by atoms with Gasteiger partial charge in [0.25, 0.3) is 0 Å². The lowest BCUT2D eigenvalue weighted by Crippen LogP contribution is -2.22. The van der Waals surface area contributed by atoms with E-state index in [1.54, 1.807) is 37.3 Å². The van der Waals surface area contributed by atoms with Crippen LogP contribution in [0.2, 0.25) is 25.7 Å². The molecule has 0 aliphatic carbocycles. The van der Waals surface area contributed by atoms with Crippen LogP contribution < -0.4 is 4.74 Å². The summed E-state index contributed by atoms with van der Waals surface area (Å²) in [4.78, 5) is 29.6. The maximum Gasteiger partial charge on any atom is 0.416 e. The van der Waals surface area contributed by atoms with Crippen LogP contribution in [0.3, 0.4) is 0 Å². The van der Waals surface area contributed by atoms with Gasteiger partial charge in [-0.25, -0.2) is 14.6 Å². The van der Waals surface area contributed by atoms with Crippen molar-refractivity contribution in [2.75, 3.05) is 20.8 Å². The minimum Gasteiger partial charge on any atom is -0.496 e. The number of fused-ring (bicyclic) bond motifs is 2. The van der Waals surface area contributed by atoms with E-state index in [1.165, 1.54) is 26.5 Å². The predicted octanol–water partition coefficient (Wildman–Crippen LogP) is 5.62. The maximum atomic E-state index is 12.7. The van der Waals surface area contributed by atoms with Gasteiger partial charge in [0.1, 0.15) is 18.3 Å². The summed E-state index contributed by atoms with van der Waals surface area (Å²) in [6.45, 7) is 9.31. The van der Waals surface area contributed by atoms with E-state index in [2.05, 4.69) is 25.7 Å². The first-order chi connectivity index (χ1) is 19.0. The minimum atomic E-state index is -1.34. The van der Waals surface area contributed by atoms with Gasteiger partial charge in [0.15, 0.2) is 0 Å². The number of carbonyl (C=O) groups is 2. The quantitative estimate of drug-likeness (QED) is 0.121. The molecule has 0 aliphatic rings. The Labute approximate surface area is 233 Å². The highest BCUT2D eigenvalue weighted by molar-refractivity contribution is 6.76. The van der Waals surface area contributed by atoms with Crippen molar-refractivity contribution in [1.82, 2.24) is 14.1 Å². The molecule has 2 aromatic carbocycles. The van der Waals surface area contributed by atoms with Crippen molar-refractivity contribution >= 4 is 47.6 Å². The normalized spacial score (nSPS) is 12.1. The number of hydrogen-bond donors (Lipinski definition) is 1. The average Bonchev–Trinajstić information content (AvgIpc) is 3.51. The van der Waals surface area contributed by atoms with Gasteiger partial charge in [-0.2, -0.15) is 5.26 Å². The largest absolute Gasteiger partial charge is 0.496 e. The Morgan fingerprint density at radius 1 is 1.18 bits per heavy atom. The first kappa shape index (κ1) is 28.6. The molecule has 0 spiro atoms. The van der Waals surface area contributed by atoms with Crippen molar-refractivity contribution in [3.63, 3.8) is 0 Å². The van der Waals surface area contributed by atoms with Crippen molar-refractivity contribution in [3.05, 3.63) is 65.1 Å². The molecule has 0 unspecified atom stereocenters. The van der Waals surface area contributed by atoms with Crippen molar-refractivity contribution in [2.24, 2.45) is 0 Å². The SMILES string of the molecule is COC(=O)/C=C(\c1c(OC)cc(C)c2c1ccn2C(=O)O)c1nc2cc(C#N)ccc2n1COCC[Si](C)(C)C. The van der Waals surface area contributed by atoms with Crippen LogP contribution in [-0.2, 0) is 21.0 Å². The zero-order chi connectivity index (χ0) is 29.2. The molecular formula is C29H32N4O6Si. The van der Waals surface area contributed by atoms with E-state index in [0.717, 1.165) is 10.6 Å². The summed E-state index contributed by atoms with van der Waals surface area (Å²) in [5, 5.41) is 19.8. The van der Waals surface area contributed by atoms with Crippen molar-refractivity contribution in [2.45, 2.75) is 39.3 Å². The summed E-state index contributed by atoms with van der Waals surface area (Å²) in [7, 11) is 1.45. The summed E-state index contributed by atoms with van der Waals surface area (Å²) in [5.74, 6) is 0.189. The van der Waals surface area contributed by atoms with Gasteiger partial charge in [-0.05, 0) is 48.9 Å². The highest BCUT2D eigenvalue weighted by Crippen LogP contribution is 2.40. The monoisotopic (exact) mass is 560 g/mol. The van der Waals surface area contributed by atoms with Gasteiger partial charge in [0.2, 0.25) is 0 Å². The summed E-state index contributed by atoms with van der Waals surface area (Å²) < 4.78 is 19.8. The third-order valence-corrected chi connectivity index (χ3v) is 8.32. The first-order valence-corrected chi connectivity index (χ1v) is 16.4. The lowest BCUT2D eigenvalue weighted by atomic mass is 9.97. The highest BCUT2D eigenvalue weighted by atomic mass is 28.3. The third-order valence-electron chi connectivity index (χ3n) is 6.62.